The molecule has 1 aromatic carbocycles. The Labute approximate surface area is 104 Å². The summed E-state index contributed by atoms with van der Waals surface area (Å²) in [7, 11) is 0. The molecule has 0 atom stereocenters. The second-order valence-electron chi connectivity index (χ2n) is 4.31. The first-order valence-electron chi connectivity index (χ1n) is 6.02. The van der Waals surface area contributed by atoms with Crippen LogP contribution in [0.15, 0.2) is 24.3 Å². The molecule has 0 N–H and O–H groups in total. The van der Waals surface area contributed by atoms with E-state index in [4.69, 9.17) is 4.74 Å². The highest BCUT2D eigenvalue weighted by Gasteiger charge is 1.96. The van der Waals surface area contributed by atoms with Crippen molar-refractivity contribution < 1.29 is 4.74 Å². The van der Waals surface area contributed by atoms with Crippen LogP contribution in [0.3, 0.4) is 0 Å². The van der Waals surface area contributed by atoms with E-state index < -0.39 is 0 Å². The largest absolute Gasteiger partial charge is 0.493 e. The molecular formula is C14H22OS. The van der Waals surface area contributed by atoms with Gasteiger partial charge in [-0.2, -0.15) is 11.8 Å². The maximum absolute atomic E-state index is 5.67. The van der Waals surface area contributed by atoms with Crippen molar-refractivity contribution in [3.63, 3.8) is 0 Å². The molecule has 0 amide bonds. The Balaban J connectivity index is 2.16. The summed E-state index contributed by atoms with van der Waals surface area (Å²) in [6, 6.07) is 8.39. The van der Waals surface area contributed by atoms with Gasteiger partial charge in [-0.05, 0) is 35.8 Å². The first-order valence-corrected chi connectivity index (χ1v) is 7.17. The summed E-state index contributed by atoms with van der Waals surface area (Å²) in [5.74, 6) is 4.06. The zero-order valence-electron chi connectivity index (χ0n) is 10.5. The van der Waals surface area contributed by atoms with Gasteiger partial charge in [-0.3, -0.25) is 0 Å². The van der Waals surface area contributed by atoms with Crippen molar-refractivity contribution in [3.05, 3.63) is 29.8 Å². The zero-order valence-corrected chi connectivity index (χ0v) is 11.3. The van der Waals surface area contributed by atoms with E-state index in [0.717, 1.165) is 30.4 Å². The van der Waals surface area contributed by atoms with Crippen molar-refractivity contribution in [3.8, 4) is 5.75 Å². The van der Waals surface area contributed by atoms with Gasteiger partial charge in [0, 0.05) is 5.75 Å². The van der Waals surface area contributed by atoms with Crippen molar-refractivity contribution in [1.82, 2.24) is 0 Å². The van der Waals surface area contributed by atoms with Gasteiger partial charge in [0.2, 0.25) is 0 Å². The summed E-state index contributed by atoms with van der Waals surface area (Å²) >= 11 is 1.96. The van der Waals surface area contributed by atoms with E-state index in [1.165, 1.54) is 11.3 Å². The fourth-order valence-corrected chi connectivity index (χ4v) is 2.20. The average molecular weight is 238 g/mol. The van der Waals surface area contributed by atoms with Gasteiger partial charge in [0.15, 0.2) is 0 Å². The van der Waals surface area contributed by atoms with Crippen molar-refractivity contribution in [2.24, 2.45) is 5.92 Å². The summed E-state index contributed by atoms with van der Waals surface area (Å²) in [6.07, 6.45) is 1.09. The highest BCUT2D eigenvalue weighted by Crippen LogP contribution is 2.13. The molecule has 0 spiro atoms. The van der Waals surface area contributed by atoms with Gasteiger partial charge in [-0.1, -0.05) is 32.9 Å². The number of hydrogen-bond acceptors (Lipinski definition) is 2. The first-order chi connectivity index (χ1) is 7.72. The normalized spacial score (nSPS) is 10.8. The molecule has 0 bridgehead atoms. The first kappa shape index (κ1) is 13.4. The van der Waals surface area contributed by atoms with Crippen molar-refractivity contribution in [2.45, 2.75) is 27.2 Å². The third kappa shape index (κ3) is 5.45. The van der Waals surface area contributed by atoms with Crippen LogP contribution in [0.4, 0.5) is 0 Å². The monoisotopic (exact) mass is 238 g/mol. The molecule has 0 unspecified atom stereocenters. The molecule has 0 radical (unpaired) electrons. The molecule has 16 heavy (non-hydrogen) atoms. The van der Waals surface area contributed by atoms with Crippen LogP contribution >= 0.6 is 11.8 Å². The van der Waals surface area contributed by atoms with Crippen LogP contribution < -0.4 is 4.74 Å². The maximum atomic E-state index is 5.67. The van der Waals surface area contributed by atoms with E-state index >= 15 is 0 Å². The SMILES string of the molecule is CCc1ccc(OCCSCC(C)C)cc1. The Morgan fingerprint density at radius 2 is 1.88 bits per heavy atom. The lowest BCUT2D eigenvalue weighted by molar-refractivity contribution is 0.344. The summed E-state index contributed by atoms with van der Waals surface area (Å²) in [5, 5.41) is 0. The third-order valence-electron chi connectivity index (χ3n) is 2.28. The molecule has 0 heterocycles. The van der Waals surface area contributed by atoms with E-state index in [0.29, 0.717) is 0 Å². The summed E-state index contributed by atoms with van der Waals surface area (Å²) in [4.78, 5) is 0. The lowest BCUT2D eigenvalue weighted by Crippen LogP contribution is -2.02. The Morgan fingerprint density at radius 1 is 1.19 bits per heavy atom. The van der Waals surface area contributed by atoms with Gasteiger partial charge in [0.1, 0.15) is 5.75 Å². The minimum atomic E-state index is 0.772. The van der Waals surface area contributed by atoms with Crippen LogP contribution in [0.2, 0.25) is 0 Å². The fraction of sp³-hybridized carbons (Fsp3) is 0.571. The van der Waals surface area contributed by atoms with Crippen LogP contribution in [0.5, 0.6) is 5.75 Å². The van der Waals surface area contributed by atoms with Gasteiger partial charge >= 0.3 is 0 Å². The minimum Gasteiger partial charge on any atom is -0.493 e. The van der Waals surface area contributed by atoms with E-state index in [1.807, 2.05) is 11.8 Å². The van der Waals surface area contributed by atoms with Gasteiger partial charge < -0.3 is 4.74 Å². The topological polar surface area (TPSA) is 9.23 Å². The highest BCUT2D eigenvalue weighted by molar-refractivity contribution is 7.99. The van der Waals surface area contributed by atoms with Crippen molar-refractivity contribution in [2.75, 3.05) is 18.1 Å². The average Bonchev–Trinajstić information content (AvgIpc) is 2.29. The predicted octanol–water partition coefficient (Wildman–Crippen LogP) is 4.02. The number of rotatable bonds is 7. The predicted molar refractivity (Wildman–Crippen MR) is 73.5 cm³/mol. The van der Waals surface area contributed by atoms with E-state index in [-0.39, 0.29) is 0 Å². The van der Waals surface area contributed by atoms with Crippen molar-refractivity contribution in [1.29, 1.82) is 0 Å². The number of benzene rings is 1. The minimum absolute atomic E-state index is 0.772. The van der Waals surface area contributed by atoms with Gasteiger partial charge in [-0.25, -0.2) is 0 Å². The number of aryl methyl sites for hydroxylation is 1. The molecule has 0 saturated carbocycles. The summed E-state index contributed by atoms with van der Waals surface area (Å²) in [5.41, 5.74) is 1.36. The Morgan fingerprint density at radius 3 is 2.44 bits per heavy atom. The van der Waals surface area contributed by atoms with Crippen LogP contribution in [-0.2, 0) is 6.42 Å². The third-order valence-corrected chi connectivity index (χ3v) is 3.64. The van der Waals surface area contributed by atoms with Crippen molar-refractivity contribution >= 4 is 11.8 Å². The van der Waals surface area contributed by atoms with Gasteiger partial charge in [0.05, 0.1) is 6.61 Å². The molecule has 1 aromatic rings. The lowest BCUT2D eigenvalue weighted by Gasteiger charge is -2.07. The molecule has 0 aromatic heterocycles. The van der Waals surface area contributed by atoms with Gasteiger partial charge in [0.25, 0.3) is 0 Å². The molecule has 0 aliphatic heterocycles. The smallest absolute Gasteiger partial charge is 0.119 e. The molecular weight excluding hydrogens is 216 g/mol. The molecule has 0 saturated heterocycles. The second kappa shape index (κ2) is 7.61. The number of hydrogen-bond donors (Lipinski definition) is 0. The van der Waals surface area contributed by atoms with Gasteiger partial charge in [-0.15, -0.1) is 0 Å². The van der Waals surface area contributed by atoms with Crippen LogP contribution in [0.1, 0.15) is 26.3 Å². The van der Waals surface area contributed by atoms with Crippen LogP contribution in [-0.4, -0.2) is 18.1 Å². The maximum Gasteiger partial charge on any atom is 0.119 e. The quantitative estimate of drug-likeness (QED) is 0.664. The van der Waals surface area contributed by atoms with E-state index in [9.17, 15) is 0 Å². The second-order valence-corrected chi connectivity index (χ2v) is 5.46. The number of ether oxygens (including phenoxy) is 1. The Hall–Kier alpha value is -0.630. The molecule has 90 valence electrons. The molecule has 2 heteroatoms. The summed E-state index contributed by atoms with van der Waals surface area (Å²) in [6.45, 7) is 7.47. The summed E-state index contributed by atoms with van der Waals surface area (Å²) < 4.78 is 5.67. The fourth-order valence-electron chi connectivity index (χ4n) is 1.36. The standard InChI is InChI=1S/C14H22OS/c1-4-13-5-7-14(8-6-13)15-9-10-16-11-12(2)3/h5-8,12H,4,9-11H2,1-3H3. The molecule has 0 aliphatic rings. The number of thioether (sulfide) groups is 1. The Kier molecular flexibility index (Phi) is 6.39. The lowest BCUT2D eigenvalue weighted by atomic mass is 10.2. The molecule has 0 aliphatic carbocycles. The van der Waals surface area contributed by atoms with Crippen LogP contribution in [0.25, 0.3) is 0 Å². The van der Waals surface area contributed by atoms with Crippen LogP contribution in [0, 0.1) is 5.92 Å². The van der Waals surface area contributed by atoms with E-state index in [1.54, 1.807) is 0 Å². The highest BCUT2D eigenvalue weighted by atomic mass is 32.2. The zero-order chi connectivity index (χ0) is 11.8. The molecule has 0 fully saturated rings. The Bertz CT molecular complexity index is 279. The molecule has 1 nitrogen and oxygen atoms in total. The van der Waals surface area contributed by atoms with E-state index in [2.05, 4.69) is 45.0 Å². The molecule has 1 rings (SSSR count).